The third-order valence-electron chi connectivity index (χ3n) is 1.37. The van der Waals surface area contributed by atoms with Crippen LogP contribution in [0.25, 0.3) is 0 Å². The van der Waals surface area contributed by atoms with Gasteiger partial charge in [-0.25, -0.2) is 8.78 Å². The van der Waals surface area contributed by atoms with Crippen molar-refractivity contribution < 1.29 is 13.5 Å². The van der Waals surface area contributed by atoms with E-state index in [4.69, 9.17) is 4.74 Å². The van der Waals surface area contributed by atoms with Crippen LogP contribution in [0.3, 0.4) is 0 Å². The van der Waals surface area contributed by atoms with E-state index in [1.54, 1.807) is 24.3 Å². The normalized spacial score (nSPS) is 10.2. The molecule has 0 aromatic heterocycles. The van der Waals surface area contributed by atoms with E-state index < -0.39 is 13.0 Å². The van der Waals surface area contributed by atoms with Crippen LogP contribution in [0.1, 0.15) is 0 Å². The van der Waals surface area contributed by atoms with Crippen molar-refractivity contribution in [1.82, 2.24) is 0 Å². The maximum atomic E-state index is 11.8. The molecule has 1 aromatic rings. The van der Waals surface area contributed by atoms with E-state index in [0.717, 1.165) is 0 Å². The van der Waals surface area contributed by atoms with Crippen molar-refractivity contribution in [3.8, 4) is 5.75 Å². The van der Waals surface area contributed by atoms with Gasteiger partial charge in [0.15, 0.2) is 0 Å². The van der Waals surface area contributed by atoms with E-state index in [2.05, 4.69) is 17.5 Å². The molecule has 0 saturated heterocycles. The molecule has 0 fully saturated rings. The topological polar surface area (TPSA) is 21.3 Å². The Labute approximate surface area is 80.4 Å². The summed E-state index contributed by atoms with van der Waals surface area (Å²) >= 11 is 3.81. The highest BCUT2D eigenvalue weighted by molar-refractivity contribution is 7.81. The molecule has 0 heterocycles. The highest BCUT2D eigenvalue weighted by Crippen LogP contribution is 2.24. The van der Waals surface area contributed by atoms with Crippen molar-refractivity contribution >= 4 is 18.5 Å². The monoisotopic (exact) mass is 205 g/mol. The Balaban J connectivity index is 2.64. The molecule has 0 radical (unpaired) electrons. The van der Waals surface area contributed by atoms with Gasteiger partial charge in [0.25, 0.3) is 6.43 Å². The predicted molar refractivity (Wildman–Crippen MR) is 50.5 cm³/mol. The fourth-order valence-corrected chi connectivity index (χ4v) is 1.02. The highest BCUT2D eigenvalue weighted by atomic mass is 32.1. The summed E-state index contributed by atoms with van der Waals surface area (Å²) in [5, 5.41) is 0. The first-order valence-corrected chi connectivity index (χ1v) is 4.09. The van der Waals surface area contributed by atoms with Gasteiger partial charge in [-0.1, -0.05) is 24.9 Å². The molecular formula is C8H9F2NOS. The van der Waals surface area contributed by atoms with Gasteiger partial charge in [-0.05, 0) is 12.1 Å². The average molecular weight is 205 g/mol. The quantitative estimate of drug-likeness (QED) is 0.737. The number of hydrogen-bond donors (Lipinski definition) is 2. The molecule has 0 atom stereocenters. The Morgan fingerprint density at radius 2 is 2.08 bits per heavy atom. The van der Waals surface area contributed by atoms with Gasteiger partial charge in [0.05, 0.1) is 5.69 Å². The number of thiol groups is 1. The molecule has 0 unspecified atom stereocenters. The lowest BCUT2D eigenvalue weighted by Crippen LogP contribution is -2.07. The standard InChI is InChI=1S/C8H9F2NOS/c9-8(10)5-12-7-4-2-1-3-6(7)11-13/h1-4,8,11,13H,5H2. The molecule has 1 aromatic carbocycles. The van der Waals surface area contributed by atoms with Gasteiger partial charge in [0.2, 0.25) is 0 Å². The van der Waals surface area contributed by atoms with Gasteiger partial charge in [-0.3, -0.25) is 0 Å². The number of benzene rings is 1. The van der Waals surface area contributed by atoms with Crippen molar-refractivity contribution in [3.63, 3.8) is 0 Å². The van der Waals surface area contributed by atoms with E-state index >= 15 is 0 Å². The molecular weight excluding hydrogens is 196 g/mol. The molecule has 72 valence electrons. The first-order valence-electron chi connectivity index (χ1n) is 3.64. The third-order valence-corrected chi connectivity index (χ3v) is 1.61. The maximum Gasteiger partial charge on any atom is 0.272 e. The summed E-state index contributed by atoms with van der Waals surface area (Å²) in [5.74, 6) is 0.373. The fraction of sp³-hybridized carbons (Fsp3) is 0.250. The van der Waals surface area contributed by atoms with Crippen LogP contribution in [-0.2, 0) is 0 Å². The van der Waals surface area contributed by atoms with Crippen molar-refractivity contribution in [2.24, 2.45) is 0 Å². The summed E-state index contributed by atoms with van der Waals surface area (Å²) in [6.07, 6.45) is -2.46. The van der Waals surface area contributed by atoms with Gasteiger partial charge < -0.3 is 9.46 Å². The summed E-state index contributed by atoms with van der Waals surface area (Å²) < 4.78 is 31.0. The fourth-order valence-electron chi connectivity index (χ4n) is 0.838. The summed E-state index contributed by atoms with van der Waals surface area (Å²) in [6.45, 7) is -0.605. The van der Waals surface area contributed by atoms with E-state index in [0.29, 0.717) is 11.4 Å². The smallest absolute Gasteiger partial charge is 0.272 e. The molecule has 0 aliphatic heterocycles. The zero-order chi connectivity index (χ0) is 9.68. The molecule has 0 amide bonds. The average Bonchev–Trinajstić information content (AvgIpc) is 2.15. The minimum absolute atomic E-state index is 0.373. The highest BCUT2D eigenvalue weighted by Gasteiger charge is 2.05. The number of hydrogen-bond acceptors (Lipinski definition) is 3. The molecule has 0 spiro atoms. The number of ether oxygens (including phenoxy) is 1. The summed E-state index contributed by atoms with van der Waals surface area (Å²) in [6, 6.07) is 6.75. The summed E-state index contributed by atoms with van der Waals surface area (Å²) in [5.41, 5.74) is 0.575. The number of halogens is 2. The Morgan fingerprint density at radius 3 is 2.69 bits per heavy atom. The molecule has 0 bridgehead atoms. The molecule has 5 heteroatoms. The van der Waals surface area contributed by atoms with Crippen LogP contribution in [-0.4, -0.2) is 13.0 Å². The lowest BCUT2D eigenvalue weighted by atomic mass is 10.3. The van der Waals surface area contributed by atoms with Crippen LogP contribution in [0.15, 0.2) is 24.3 Å². The zero-order valence-electron chi connectivity index (χ0n) is 6.71. The summed E-state index contributed by atoms with van der Waals surface area (Å²) in [4.78, 5) is 0. The molecule has 13 heavy (non-hydrogen) atoms. The first-order chi connectivity index (χ1) is 6.24. The van der Waals surface area contributed by atoms with Crippen LogP contribution in [0, 0.1) is 0 Å². The zero-order valence-corrected chi connectivity index (χ0v) is 7.60. The van der Waals surface area contributed by atoms with E-state index in [1.165, 1.54) is 0 Å². The minimum Gasteiger partial charge on any atom is -0.485 e. The maximum absolute atomic E-state index is 11.8. The lowest BCUT2D eigenvalue weighted by Gasteiger charge is -2.09. The molecule has 1 rings (SSSR count). The third kappa shape index (κ3) is 3.10. The largest absolute Gasteiger partial charge is 0.485 e. The second-order valence-corrected chi connectivity index (χ2v) is 2.53. The van der Waals surface area contributed by atoms with Crippen LogP contribution in [0.2, 0.25) is 0 Å². The first kappa shape index (κ1) is 10.1. The molecule has 0 aliphatic rings. The molecule has 2 nitrogen and oxygen atoms in total. The Kier molecular flexibility index (Phi) is 3.82. The van der Waals surface area contributed by atoms with E-state index in [-0.39, 0.29) is 0 Å². The van der Waals surface area contributed by atoms with Crippen molar-refractivity contribution in [2.45, 2.75) is 6.43 Å². The van der Waals surface area contributed by atoms with E-state index in [1.807, 2.05) is 0 Å². The van der Waals surface area contributed by atoms with Crippen molar-refractivity contribution in [1.29, 1.82) is 0 Å². The Hall–Kier alpha value is -0.970. The number of rotatable bonds is 4. The van der Waals surface area contributed by atoms with Crippen LogP contribution >= 0.6 is 12.8 Å². The SMILES string of the molecule is FC(F)COc1ccccc1NS. The van der Waals surface area contributed by atoms with Gasteiger partial charge >= 0.3 is 0 Å². The van der Waals surface area contributed by atoms with Gasteiger partial charge in [-0.2, -0.15) is 0 Å². The number of nitrogens with one attached hydrogen (secondary N) is 1. The Morgan fingerprint density at radius 1 is 1.38 bits per heavy atom. The second kappa shape index (κ2) is 4.91. The van der Waals surface area contributed by atoms with Gasteiger partial charge in [0, 0.05) is 0 Å². The van der Waals surface area contributed by atoms with Crippen LogP contribution in [0.4, 0.5) is 14.5 Å². The molecule has 0 aliphatic carbocycles. The Bertz CT molecular complexity index is 270. The predicted octanol–water partition coefficient (Wildman–Crippen LogP) is 2.59. The number of para-hydroxylation sites is 2. The molecule has 1 N–H and O–H groups in total. The van der Waals surface area contributed by atoms with Gasteiger partial charge in [-0.15, -0.1) is 0 Å². The van der Waals surface area contributed by atoms with Crippen LogP contribution < -0.4 is 9.46 Å². The number of anilines is 1. The van der Waals surface area contributed by atoms with Crippen molar-refractivity contribution in [2.75, 3.05) is 11.3 Å². The van der Waals surface area contributed by atoms with Gasteiger partial charge in [0.1, 0.15) is 12.4 Å². The van der Waals surface area contributed by atoms with E-state index in [9.17, 15) is 8.78 Å². The molecule has 0 saturated carbocycles. The number of alkyl halides is 2. The second-order valence-electron chi connectivity index (χ2n) is 2.31. The summed E-state index contributed by atoms with van der Waals surface area (Å²) in [7, 11) is 0. The lowest BCUT2D eigenvalue weighted by molar-refractivity contribution is 0.0823. The minimum atomic E-state index is -2.46. The van der Waals surface area contributed by atoms with Crippen molar-refractivity contribution in [3.05, 3.63) is 24.3 Å². The van der Waals surface area contributed by atoms with Crippen LogP contribution in [0.5, 0.6) is 5.75 Å².